The average Bonchev–Trinajstić information content (AvgIpc) is 2.68. The predicted octanol–water partition coefficient (Wildman–Crippen LogP) is 2.96. The van der Waals surface area contributed by atoms with Crippen LogP contribution in [0, 0.1) is 0 Å². The van der Waals surface area contributed by atoms with Gasteiger partial charge in [-0.2, -0.15) is 0 Å². The third-order valence-electron chi connectivity index (χ3n) is 4.52. The van der Waals surface area contributed by atoms with Crippen LogP contribution >= 0.6 is 0 Å². The molecule has 1 saturated heterocycles. The second kappa shape index (κ2) is 8.15. The molecule has 2 aromatic rings. The molecular weight excluding hydrogens is 328 g/mol. The molecule has 0 spiro atoms. The first kappa shape index (κ1) is 18.1. The van der Waals surface area contributed by atoms with Gasteiger partial charge in [-0.1, -0.05) is 24.3 Å². The number of hydrogen-bond acceptors (Lipinski definition) is 4. The Bertz CT molecular complexity index is 769. The molecule has 1 aliphatic rings. The Morgan fingerprint density at radius 3 is 2.15 bits per heavy atom. The van der Waals surface area contributed by atoms with Gasteiger partial charge in [0.1, 0.15) is 0 Å². The molecule has 1 N–H and O–H groups in total. The number of nitrogens with one attached hydrogen (secondary N) is 1. The quantitative estimate of drug-likeness (QED) is 0.860. The molecule has 0 unspecified atom stereocenters. The van der Waals surface area contributed by atoms with Crippen LogP contribution in [0.2, 0.25) is 0 Å². The molecule has 0 aliphatic carbocycles. The maximum atomic E-state index is 12.6. The first-order valence-electron chi connectivity index (χ1n) is 8.98. The van der Waals surface area contributed by atoms with Crippen LogP contribution in [0.25, 0.3) is 11.1 Å². The van der Waals surface area contributed by atoms with Gasteiger partial charge in [0.15, 0.2) is 0 Å². The highest BCUT2D eigenvalue weighted by molar-refractivity contribution is 5.95. The van der Waals surface area contributed by atoms with Crippen LogP contribution in [0.3, 0.4) is 0 Å². The zero-order chi connectivity index (χ0) is 18.5. The standard InChI is InChI=1S/C21H24N2O3/c1-3-26-21(25)19-10-6-17(7-11-19)16-4-8-18(9-5-16)20(24)23-13-12-22-15(2)14-23/h4-11,15,22H,3,12-14H2,1-2H3/t15-/m1/s1. The van der Waals surface area contributed by atoms with E-state index in [1.807, 2.05) is 41.3 Å². The van der Waals surface area contributed by atoms with Crippen LogP contribution in [0.4, 0.5) is 0 Å². The van der Waals surface area contributed by atoms with Crippen LogP contribution in [0.5, 0.6) is 0 Å². The molecule has 2 aromatic carbocycles. The lowest BCUT2D eigenvalue weighted by Gasteiger charge is -2.32. The number of hydrogen-bond donors (Lipinski definition) is 1. The molecular formula is C21H24N2O3. The van der Waals surface area contributed by atoms with E-state index in [1.165, 1.54) is 0 Å². The molecule has 5 nitrogen and oxygen atoms in total. The Labute approximate surface area is 154 Å². The number of ether oxygens (including phenoxy) is 1. The average molecular weight is 352 g/mol. The lowest BCUT2D eigenvalue weighted by molar-refractivity contribution is 0.0526. The Hall–Kier alpha value is -2.66. The van der Waals surface area contributed by atoms with Crippen molar-refractivity contribution in [2.24, 2.45) is 0 Å². The monoisotopic (exact) mass is 352 g/mol. The molecule has 0 saturated carbocycles. The molecule has 0 radical (unpaired) electrons. The summed E-state index contributed by atoms with van der Waals surface area (Å²) in [7, 11) is 0. The van der Waals surface area contributed by atoms with Crippen LogP contribution in [-0.2, 0) is 4.74 Å². The maximum Gasteiger partial charge on any atom is 0.338 e. The van der Waals surface area contributed by atoms with E-state index in [0.29, 0.717) is 23.8 Å². The number of piperazine rings is 1. The van der Waals surface area contributed by atoms with Gasteiger partial charge >= 0.3 is 5.97 Å². The highest BCUT2D eigenvalue weighted by atomic mass is 16.5. The van der Waals surface area contributed by atoms with Gasteiger partial charge in [-0.3, -0.25) is 4.79 Å². The molecule has 3 rings (SSSR count). The van der Waals surface area contributed by atoms with Crippen LogP contribution in [0.1, 0.15) is 34.6 Å². The van der Waals surface area contributed by atoms with Gasteiger partial charge < -0.3 is 15.0 Å². The molecule has 1 fully saturated rings. The van der Waals surface area contributed by atoms with E-state index in [2.05, 4.69) is 12.2 Å². The molecule has 136 valence electrons. The van der Waals surface area contributed by atoms with Crippen molar-refractivity contribution in [1.29, 1.82) is 0 Å². The van der Waals surface area contributed by atoms with Crippen molar-refractivity contribution in [3.05, 3.63) is 59.7 Å². The second-order valence-electron chi connectivity index (χ2n) is 6.48. The Morgan fingerprint density at radius 1 is 1.04 bits per heavy atom. The van der Waals surface area contributed by atoms with Gasteiger partial charge in [0, 0.05) is 31.2 Å². The van der Waals surface area contributed by atoms with Gasteiger partial charge in [-0.15, -0.1) is 0 Å². The topological polar surface area (TPSA) is 58.6 Å². The molecule has 1 amide bonds. The van der Waals surface area contributed by atoms with Crippen molar-refractivity contribution in [3.63, 3.8) is 0 Å². The van der Waals surface area contributed by atoms with E-state index in [-0.39, 0.29) is 11.9 Å². The van der Waals surface area contributed by atoms with E-state index in [4.69, 9.17) is 4.74 Å². The van der Waals surface area contributed by atoms with Gasteiger partial charge in [0.2, 0.25) is 0 Å². The summed E-state index contributed by atoms with van der Waals surface area (Å²) in [5.41, 5.74) is 3.24. The summed E-state index contributed by atoms with van der Waals surface area (Å²) < 4.78 is 5.00. The third-order valence-corrected chi connectivity index (χ3v) is 4.52. The Morgan fingerprint density at radius 2 is 1.62 bits per heavy atom. The summed E-state index contributed by atoms with van der Waals surface area (Å²) in [5, 5.41) is 3.34. The summed E-state index contributed by atoms with van der Waals surface area (Å²) in [6.45, 7) is 6.54. The van der Waals surface area contributed by atoms with Crippen LogP contribution < -0.4 is 5.32 Å². The summed E-state index contributed by atoms with van der Waals surface area (Å²) >= 11 is 0. The van der Waals surface area contributed by atoms with E-state index in [1.54, 1.807) is 19.1 Å². The van der Waals surface area contributed by atoms with Crippen molar-refractivity contribution in [2.75, 3.05) is 26.2 Å². The molecule has 1 atom stereocenters. The Balaban J connectivity index is 1.71. The van der Waals surface area contributed by atoms with Gasteiger partial charge in [-0.05, 0) is 49.2 Å². The highest BCUT2D eigenvalue weighted by Gasteiger charge is 2.21. The smallest absolute Gasteiger partial charge is 0.338 e. The molecule has 26 heavy (non-hydrogen) atoms. The third kappa shape index (κ3) is 4.11. The van der Waals surface area contributed by atoms with Gasteiger partial charge in [-0.25, -0.2) is 4.79 Å². The molecule has 5 heteroatoms. The zero-order valence-corrected chi connectivity index (χ0v) is 15.2. The SMILES string of the molecule is CCOC(=O)c1ccc(-c2ccc(C(=O)N3CCN[C@H](C)C3)cc2)cc1. The van der Waals surface area contributed by atoms with E-state index in [9.17, 15) is 9.59 Å². The number of benzene rings is 2. The molecule has 0 bridgehead atoms. The van der Waals surface area contributed by atoms with Crippen molar-refractivity contribution in [3.8, 4) is 11.1 Å². The zero-order valence-electron chi connectivity index (χ0n) is 15.2. The van der Waals surface area contributed by atoms with E-state index >= 15 is 0 Å². The molecule has 1 heterocycles. The minimum absolute atomic E-state index is 0.0718. The highest BCUT2D eigenvalue weighted by Crippen LogP contribution is 2.21. The van der Waals surface area contributed by atoms with Crippen molar-refractivity contribution >= 4 is 11.9 Å². The second-order valence-corrected chi connectivity index (χ2v) is 6.48. The lowest BCUT2D eigenvalue weighted by atomic mass is 10.0. The number of amides is 1. The number of carbonyl (C=O) groups excluding carboxylic acids is 2. The minimum atomic E-state index is -0.315. The molecule has 1 aliphatic heterocycles. The summed E-state index contributed by atoms with van der Waals surface area (Å²) in [4.78, 5) is 26.2. The number of rotatable bonds is 4. The van der Waals surface area contributed by atoms with E-state index in [0.717, 1.165) is 30.8 Å². The summed E-state index contributed by atoms with van der Waals surface area (Å²) in [6.07, 6.45) is 0. The number of carbonyl (C=O) groups is 2. The first-order valence-corrected chi connectivity index (χ1v) is 8.98. The van der Waals surface area contributed by atoms with Gasteiger partial charge in [0.25, 0.3) is 5.91 Å². The number of esters is 1. The predicted molar refractivity (Wildman–Crippen MR) is 101 cm³/mol. The molecule has 0 aromatic heterocycles. The normalized spacial score (nSPS) is 17.0. The fourth-order valence-corrected chi connectivity index (χ4v) is 3.12. The number of nitrogens with zero attached hydrogens (tertiary/aromatic N) is 1. The fourth-order valence-electron chi connectivity index (χ4n) is 3.12. The van der Waals surface area contributed by atoms with E-state index < -0.39 is 0 Å². The van der Waals surface area contributed by atoms with Crippen molar-refractivity contribution in [2.45, 2.75) is 19.9 Å². The Kier molecular flexibility index (Phi) is 5.68. The summed E-state index contributed by atoms with van der Waals surface area (Å²) in [5.74, 6) is -0.243. The van der Waals surface area contributed by atoms with Gasteiger partial charge in [0.05, 0.1) is 12.2 Å². The fraction of sp³-hybridized carbons (Fsp3) is 0.333. The summed E-state index contributed by atoms with van der Waals surface area (Å²) in [6, 6.07) is 15.2. The van der Waals surface area contributed by atoms with Crippen LogP contribution in [-0.4, -0.2) is 49.1 Å². The van der Waals surface area contributed by atoms with Crippen molar-refractivity contribution < 1.29 is 14.3 Å². The van der Waals surface area contributed by atoms with Crippen molar-refractivity contribution in [1.82, 2.24) is 10.2 Å². The largest absolute Gasteiger partial charge is 0.462 e. The lowest BCUT2D eigenvalue weighted by Crippen LogP contribution is -2.51. The maximum absolute atomic E-state index is 12.6. The minimum Gasteiger partial charge on any atom is -0.462 e. The van der Waals surface area contributed by atoms with Crippen LogP contribution in [0.15, 0.2) is 48.5 Å². The first-order chi connectivity index (χ1) is 12.6.